The maximum absolute atomic E-state index is 14.7. The van der Waals surface area contributed by atoms with Crippen LogP contribution in [-0.2, 0) is 6.42 Å². The summed E-state index contributed by atoms with van der Waals surface area (Å²) < 4.78 is 14.7. The van der Waals surface area contributed by atoms with Crippen molar-refractivity contribution in [3.8, 4) is 11.1 Å². The van der Waals surface area contributed by atoms with Gasteiger partial charge < -0.3 is 16.0 Å². The van der Waals surface area contributed by atoms with E-state index in [2.05, 4.69) is 30.9 Å². The van der Waals surface area contributed by atoms with Crippen LogP contribution in [0, 0.1) is 12.9 Å². The molecule has 2 aliphatic rings. The fourth-order valence-electron chi connectivity index (χ4n) is 4.19. The lowest BCUT2D eigenvalue weighted by atomic mass is 9.97. The molecule has 1 amide bonds. The number of fused-ring (bicyclic) bond motifs is 6. The van der Waals surface area contributed by atoms with Crippen molar-refractivity contribution in [3.05, 3.63) is 89.1 Å². The summed E-state index contributed by atoms with van der Waals surface area (Å²) in [5.41, 5.74) is 4.62. The fourth-order valence-corrected chi connectivity index (χ4v) is 4.19. The number of nitrogens with zero attached hydrogens (tertiary/aromatic N) is 3. The molecule has 0 fully saturated rings. The van der Waals surface area contributed by atoms with Crippen molar-refractivity contribution in [3.63, 3.8) is 0 Å². The summed E-state index contributed by atoms with van der Waals surface area (Å²) >= 11 is 0. The Kier molecular flexibility index (Phi) is 6.59. The SMILES string of the molecule is CC(=O)c1cc2ccc1C(=O)NCCCc1cccc(c1)Nc1nc(ncc1C)Nc1cc-2cnc1F. The number of amides is 1. The molecule has 0 saturated carbocycles. The molecule has 0 aliphatic carbocycles. The largest absolute Gasteiger partial charge is 0.352 e. The number of pyridine rings is 1. The number of rotatable bonds is 1. The van der Waals surface area contributed by atoms with E-state index < -0.39 is 5.95 Å². The lowest BCUT2D eigenvalue weighted by Crippen LogP contribution is -2.26. The van der Waals surface area contributed by atoms with Crippen LogP contribution in [0.4, 0.5) is 27.5 Å². The van der Waals surface area contributed by atoms with E-state index in [4.69, 9.17) is 0 Å². The molecule has 3 N–H and O–H groups in total. The van der Waals surface area contributed by atoms with E-state index in [0.717, 1.165) is 29.7 Å². The average molecular weight is 497 g/mol. The van der Waals surface area contributed by atoms with Crippen LogP contribution in [0.3, 0.4) is 0 Å². The standard InChI is InChI=1S/C28H25FN6O2/c1-16-14-32-28-34-24-13-20(15-31-25(24)29)19-8-9-22(23(12-19)17(2)36)27(37)30-10-4-6-18-5-3-7-21(11-18)33-26(16)35-28/h3,5,7-9,11-15H,4,6,10H2,1-2H3,(H,30,37)(H2,32,33,34,35). The van der Waals surface area contributed by atoms with Gasteiger partial charge in [0.25, 0.3) is 5.91 Å². The van der Waals surface area contributed by atoms with Gasteiger partial charge in [0, 0.05) is 41.3 Å². The van der Waals surface area contributed by atoms with Gasteiger partial charge in [0.15, 0.2) is 5.78 Å². The third-order valence-corrected chi connectivity index (χ3v) is 6.15. The van der Waals surface area contributed by atoms with Crippen molar-refractivity contribution in [1.29, 1.82) is 0 Å². The van der Waals surface area contributed by atoms with Crippen molar-refractivity contribution in [2.75, 3.05) is 17.2 Å². The van der Waals surface area contributed by atoms with E-state index in [-0.39, 0.29) is 28.9 Å². The lowest BCUT2D eigenvalue weighted by Gasteiger charge is -2.14. The molecule has 6 rings (SSSR count). The van der Waals surface area contributed by atoms with Gasteiger partial charge in [-0.3, -0.25) is 9.59 Å². The Morgan fingerprint density at radius 3 is 2.70 bits per heavy atom. The summed E-state index contributed by atoms with van der Waals surface area (Å²) in [6.07, 6.45) is 4.52. The van der Waals surface area contributed by atoms with E-state index in [0.29, 0.717) is 29.1 Å². The van der Waals surface area contributed by atoms with Gasteiger partial charge in [-0.15, -0.1) is 0 Å². The molecule has 4 heterocycles. The highest BCUT2D eigenvalue weighted by Crippen LogP contribution is 2.28. The first-order valence-electron chi connectivity index (χ1n) is 11.9. The van der Waals surface area contributed by atoms with Crippen molar-refractivity contribution in [1.82, 2.24) is 20.3 Å². The number of aryl methyl sites for hydroxylation is 2. The number of carbonyl (C=O) groups is 2. The van der Waals surface area contributed by atoms with Crippen LogP contribution in [0.1, 0.15) is 45.2 Å². The average Bonchev–Trinajstić information content (AvgIpc) is 2.89. The van der Waals surface area contributed by atoms with Gasteiger partial charge in [-0.25, -0.2) is 9.97 Å². The van der Waals surface area contributed by atoms with Crippen LogP contribution in [0.15, 0.2) is 60.9 Å². The minimum absolute atomic E-state index is 0.0786. The Hall–Kier alpha value is -4.66. The topological polar surface area (TPSA) is 109 Å². The maximum Gasteiger partial charge on any atom is 0.252 e. The highest BCUT2D eigenvalue weighted by molar-refractivity contribution is 6.08. The number of Topliss-reactive ketones (excluding diaryl/α,β-unsaturated/α-hetero) is 1. The summed E-state index contributed by atoms with van der Waals surface area (Å²) in [6, 6.07) is 14.5. The molecule has 0 radical (unpaired) electrons. The number of nitrogens with one attached hydrogen (secondary N) is 3. The number of aromatic nitrogens is 3. The van der Waals surface area contributed by atoms with Gasteiger partial charge in [0.2, 0.25) is 11.9 Å². The zero-order chi connectivity index (χ0) is 25.9. The van der Waals surface area contributed by atoms with E-state index in [1.807, 2.05) is 31.2 Å². The van der Waals surface area contributed by atoms with E-state index in [1.165, 1.54) is 13.1 Å². The zero-order valence-corrected chi connectivity index (χ0v) is 20.4. The van der Waals surface area contributed by atoms with E-state index in [9.17, 15) is 14.0 Å². The second-order valence-electron chi connectivity index (χ2n) is 8.91. The van der Waals surface area contributed by atoms with Gasteiger partial charge in [0.05, 0.1) is 11.3 Å². The van der Waals surface area contributed by atoms with Crippen LogP contribution in [0.2, 0.25) is 0 Å². The normalized spacial score (nSPS) is 13.2. The number of hydrogen-bond acceptors (Lipinski definition) is 7. The van der Waals surface area contributed by atoms with E-state index >= 15 is 0 Å². The fraction of sp³-hybridized carbons (Fsp3) is 0.179. The number of benzene rings is 2. The predicted molar refractivity (Wildman–Crippen MR) is 140 cm³/mol. The Labute approximate surface area is 213 Å². The molecule has 0 unspecified atom stereocenters. The monoisotopic (exact) mass is 496 g/mol. The second-order valence-corrected chi connectivity index (χ2v) is 8.91. The second kappa shape index (κ2) is 10.1. The number of carbonyl (C=O) groups excluding carboxylic acids is 2. The summed E-state index contributed by atoms with van der Waals surface area (Å²) in [7, 11) is 0. The summed E-state index contributed by atoms with van der Waals surface area (Å²) in [4.78, 5) is 38.0. The van der Waals surface area contributed by atoms with Gasteiger partial charge in [0.1, 0.15) is 5.82 Å². The predicted octanol–water partition coefficient (Wildman–Crippen LogP) is 5.35. The minimum Gasteiger partial charge on any atom is -0.352 e. The highest BCUT2D eigenvalue weighted by atomic mass is 19.1. The smallest absolute Gasteiger partial charge is 0.252 e. The highest BCUT2D eigenvalue weighted by Gasteiger charge is 2.17. The number of hydrogen-bond donors (Lipinski definition) is 3. The molecule has 8 bridgehead atoms. The first kappa shape index (κ1) is 24.1. The van der Waals surface area contributed by atoms with Crippen LogP contribution < -0.4 is 16.0 Å². The van der Waals surface area contributed by atoms with Crippen LogP contribution in [0.5, 0.6) is 0 Å². The molecular formula is C28H25FN6O2. The first-order chi connectivity index (χ1) is 17.9. The van der Waals surface area contributed by atoms with Crippen molar-refractivity contribution in [2.45, 2.75) is 26.7 Å². The Bertz CT molecular complexity index is 1520. The van der Waals surface area contributed by atoms with Gasteiger partial charge in [-0.2, -0.15) is 9.37 Å². The molecule has 0 spiro atoms. The molecular weight excluding hydrogens is 471 g/mol. The van der Waals surface area contributed by atoms with Crippen LogP contribution in [0.25, 0.3) is 11.1 Å². The Morgan fingerprint density at radius 2 is 1.86 bits per heavy atom. The molecule has 0 saturated heterocycles. The van der Waals surface area contributed by atoms with Crippen molar-refractivity contribution in [2.24, 2.45) is 0 Å². The Balaban J connectivity index is 1.60. The molecule has 186 valence electrons. The molecule has 2 aliphatic heterocycles. The van der Waals surface area contributed by atoms with Crippen LogP contribution in [-0.4, -0.2) is 33.2 Å². The molecule has 0 atom stereocenters. The quantitative estimate of drug-likeness (QED) is 0.241. The molecule has 37 heavy (non-hydrogen) atoms. The molecule has 2 aromatic carbocycles. The lowest BCUT2D eigenvalue weighted by molar-refractivity contribution is 0.0938. The molecule has 8 nitrogen and oxygen atoms in total. The van der Waals surface area contributed by atoms with Crippen molar-refractivity contribution < 1.29 is 14.0 Å². The summed E-state index contributed by atoms with van der Waals surface area (Å²) in [6.45, 7) is 3.76. The van der Waals surface area contributed by atoms with E-state index in [1.54, 1.807) is 30.5 Å². The maximum atomic E-state index is 14.7. The zero-order valence-electron chi connectivity index (χ0n) is 20.4. The summed E-state index contributed by atoms with van der Waals surface area (Å²) in [5.74, 6) is -0.490. The van der Waals surface area contributed by atoms with Gasteiger partial charge >= 0.3 is 0 Å². The molecule has 4 aromatic rings. The molecule has 9 heteroatoms. The number of anilines is 4. The van der Waals surface area contributed by atoms with Gasteiger partial charge in [-0.05, 0) is 68.1 Å². The third kappa shape index (κ3) is 5.30. The summed E-state index contributed by atoms with van der Waals surface area (Å²) in [5, 5.41) is 9.14. The first-order valence-corrected chi connectivity index (χ1v) is 11.9. The van der Waals surface area contributed by atoms with Crippen molar-refractivity contribution >= 4 is 34.8 Å². The minimum atomic E-state index is -0.722. The number of ketones is 1. The molecule has 2 aromatic heterocycles. The number of halogens is 1. The third-order valence-electron chi connectivity index (χ3n) is 6.15. The van der Waals surface area contributed by atoms with Crippen LogP contribution >= 0.6 is 0 Å². The van der Waals surface area contributed by atoms with Gasteiger partial charge in [-0.1, -0.05) is 18.2 Å². The Morgan fingerprint density at radius 1 is 1.00 bits per heavy atom.